The van der Waals surface area contributed by atoms with Gasteiger partial charge in [0.05, 0.1) is 5.56 Å². The van der Waals surface area contributed by atoms with Crippen molar-refractivity contribution in [1.29, 1.82) is 0 Å². The second-order valence-corrected chi connectivity index (χ2v) is 8.40. The molecule has 1 aliphatic carbocycles. The number of para-hydroxylation sites is 1. The fourth-order valence-electron chi connectivity index (χ4n) is 4.60. The lowest BCUT2D eigenvalue weighted by molar-refractivity contribution is -0.139. The van der Waals surface area contributed by atoms with E-state index in [0.717, 1.165) is 25.7 Å². The third kappa shape index (κ3) is 4.09. The first-order valence-corrected chi connectivity index (χ1v) is 10.7. The van der Waals surface area contributed by atoms with Crippen LogP contribution in [0.5, 0.6) is 5.75 Å². The second kappa shape index (κ2) is 8.05. The van der Waals surface area contributed by atoms with Gasteiger partial charge in [0.25, 0.3) is 5.91 Å². The van der Waals surface area contributed by atoms with Crippen LogP contribution in [-0.4, -0.2) is 47.0 Å². The molecule has 0 aromatic heterocycles. The van der Waals surface area contributed by atoms with Gasteiger partial charge in [-0.2, -0.15) is 0 Å². The van der Waals surface area contributed by atoms with E-state index in [4.69, 9.17) is 4.74 Å². The van der Waals surface area contributed by atoms with Crippen molar-refractivity contribution in [3.05, 3.63) is 29.8 Å². The minimum Gasteiger partial charge on any atom is -0.467 e. The number of amides is 3. The van der Waals surface area contributed by atoms with Crippen LogP contribution in [0.15, 0.2) is 24.3 Å². The maximum atomic E-state index is 12.8. The molecule has 2 aliphatic heterocycles. The average Bonchev–Trinajstić information content (AvgIpc) is 2.87. The van der Waals surface area contributed by atoms with E-state index >= 15 is 0 Å². The maximum Gasteiger partial charge on any atom is 0.258 e. The zero-order valence-corrected chi connectivity index (χ0v) is 16.9. The normalized spacial score (nSPS) is 26.2. The van der Waals surface area contributed by atoms with Crippen molar-refractivity contribution in [1.82, 2.24) is 15.5 Å². The van der Waals surface area contributed by atoms with Gasteiger partial charge in [-0.1, -0.05) is 31.4 Å². The summed E-state index contributed by atoms with van der Waals surface area (Å²) in [4.78, 5) is 39.7. The minimum atomic E-state index is -0.907. The Morgan fingerprint density at radius 3 is 2.76 bits per heavy atom. The second-order valence-electron chi connectivity index (χ2n) is 8.40. The fourth-order valence-corrected chi connectivity index (χ4v) is 4.60. The van der Waals surface area contributed by atoms with Crippen molar-refractivity contribution >= 4 is 17.7 Å². The first-order chi connectivity index (χ1) is 14.0. The highest BCUT2D eigenvalue weighted by atomic mass is 16.5. The number of likely N-dealkylation sites (tertiary alicyclic amines) is 1. The van der Waals surface area contributed by atoms with Crippen LogP contribution >= 0.6 is 0 Å². The van der Waals surface area contributed by atoms with Crippen molar-refractivity contribution < 1.29 is 19.1 Å². The van der Waals surface area contributed by atoms with Crippen molar-refractivity contribution in [3.63, 3.8) is 0 Å². The molecule has 1 saturated carbocycles. The van der Waals surface area contributed by atoms with Gasteiger partial charge in [0.15, 0.2) is 5.72 Å². The summed E-state index contributed by atoms with van der Waals surface area (Å²) < 4.78 is 6.16. The SMILES string of the molecule is CC(C(=O)NC1CCCCC1)N1CCC2(CCC1=O)NC(=O)c1ccccc1O2. The molecule has 3 amide bonds. The highest BCUT2D eigenvalue weighted by Crippen LogP contribution is 2.34. The number of nitrogens with one attached hydrogen (secondary N) is 2. The van der Waals surface area contributed by atoms with Gasteiger partial charge in [0.2, 0.25) is 11.8 Å². The number of carbonyl (C=O) groups excluding carboxylic acids is 3. The number of hydrogen-bond donors (Lipinski definition) is 2. The lowest BCUT2D eigenvalue weighted by Gasteiger charge is -2.38. The first-order valence-electron chi connectivity index (χ1n) is 10.7. The van der Waals surface area contributed by atoms with Gasteiger partial charge >= 0.3 is 0 Å². The molecule has 2 unspecified atom stereocenters. The molecule has 4 rings (SSSR count). The number of fused-ring (bicyclic) bond motifs is 1. The van der Waals surface area contributed by atoms with E-state index in [2.05, 4.69) is 10.6 Å². The number of rotatable bonds is 3. The van der Waals surface area contributed by atoms with E-state index in [0.29, 0.717) is 30.7 Å². The maximum absolute atomic E-state index is 12.8. The Balaban J connectivity index is 1.43. The molecule has 7 heteroatoms. The molecule has 1 aromatic rings. The monoisotopic (exact) mass is 399 g/mol. The molecule has 3 aliphatic rings. The Labute approximate surface area is 171 Å². The summed E-state index contributed by atoms with van der Waals surface area (Å²) in [6, 6.07) is 6.81. The molecule has 156 valence electrons. The van der Waals surface area contributed by atoms with Crippen LogP contribution in [-0.2, 0) is 9.59 Å². The predicted octanol–water partition coefficient (Wildman–Crippen LogP) is 2.35. The van der Waals surface area contributed by atoms with Gasteiger partial charge in [0, 0.05) is 31.8 Å². The van der Waals surface area contributed by atoms with Crippen molar-refractivity contribution in [3.8, 4) is 5.75 Å². The summed E-state index contributed by atoms with van der Waals surface area (Å²) in [6.45, 7) is 2.14. The van der Waals surface area contributed by atoms with Crippen LogP contribution in [0.1, 0.15) is 68.6 Å². The van der Waals surface area contributed by atoms with Crippen LogP contribution in [0.25, 0.3) is 0 Å². The summed E-state index contributed by atoms with van der Waals surface area (Å²) in [6.07, 6.45) is 6.59. The first kappa shape index (κ1) is 19.7. The summed E-state index contributed by atoms with van der Waals surface area (Å²) in [5, 5.41) is 6.08. The van der Waals surface area contributed by atoms with E-state index in [1.165, 1.54) is 6.42 Å². The zero-order chi connectivity index (χ0) is 20.4. The molecule has 2 N–H and O–H groups in total. The van der Waals surface area contributed by atoms with Gasteiger partial charge in [-0.15, -0.1) is 0 Å². The average molecular weight is 399 g/mol. The van der Waals surface area contributed by atoms with E-state index in [1.807, 2.05) is 6.07 Å². The number of benzene rings is 1. The lowest BCUT2D eigenvalue weighted by atomic mass is 9.95. The van der Waals surface area contributed by atoms with Gasteiger partial charge in [0.1, 0.15) is 11.8 Å². The molecule has 2 heterocycles. The number of nitrogens with zero attached hydrogens (tertiary/aromatic N) is 1. The number of hydrogen-bond acceptors (Lipinski definition) is 4. The molecule has 29 heavy (non-hydrogen) atoms. The van der Waals surface area contributed by atoms with Gasteiger partial charge < -0.3 is 20.3 Å². The quantitative estimate of drug-likeness (QED) is 0.817. The molecule has 2 atom stereocenters. The minimum absolute atomic E-state index is 0.0788. The van der Waals surface area contributed by atoms with E-state index in [1.54, 1.807) is 30.0 Å². The highest BCUT2D eigenvalue weighted by molar-refractivity contribution is 5.98. The largest absolute Gasteiger partial charge is 0.467 e. The van der Waals surface area contributed by atoms with Crippen LogP contribution in [0.3, 0.4) is 0 Å². The molecule has 7 nitrogen and oxygen atoms in total. The topological polar surface area (TPSA) is 87.7 Å². The lowest BCUT2D eigenvalue weighted by Crippen LogP contribution is -2.56. The molecular weight excluding hydrogens is 370 g/mol. The van der Waals surface area contributed by atoms with Crippen molar-refractivity contribution in [2.24, 2.45) is 0 Å². The Morgan fingerprint density at radius 1 is 1.21 bits per heavy atom. The Morgan fingerprint density at radius 2 is 1.97 bits per heavy atom. The van der Waals surface area contributed by atoms with E-state index in [9.17, 15) is 14.4 Å². The van der Waals surface area contributed by atoms with E-state index < -0.39 is 11.8 Å². The third-order valence-corrected chi connectivity index (χ3v) is 6.40. The van der Waals surface area contributed by atoms with Crippen LogP contribution in [0, 0.1) is 0 Å². The zero-order valence-electron chi connectivity index (χ0n) is 16.9. The van der Waals surface area contributed by atoms with Crippen molar-refractivity contribution in [2.45, 2.75) is 76.1 Å². The van der Waals surface area contributed by atoms with E-state index in [-0.39, 0.29) is 30.2 Å². The fraction of sp³-hybridized carbons (Fsp3) is 0.591. The molecule has 1 aromatic carbocycles. The van der Waals surface area contributed by atoms with Crippen LogP contribution in [0.2, 0.25) is 0 Å². The Hall–Kier alpha value is -2.57. The Kier molecular flexibility index (Phi) is 5.48. The third-order valence-electron chi connectivity index (χ3n) is 6.40. The summed E-state index contributed by atoms with van der Waals surface area (Å²) >= 11 is 0. The standard InChI is InChI=1S/C22H29N3O4/c1-15(20(27)23-16-7-3-2-4-8-16)25-14-13-22(12-11-19(25)26)24-21(28)17-9-5-6-10-18(17)29-22/h5-6,9-10,15-16H,2-4,7-8,11-14H2,1H3,(H,23,27)(H,24,28). The van der Waals surface area contributed by atoms with Gasteiger partial charge in [-0.05, 0) is 31.9 Å². The summed E-state index contributed by atoms with van der Waals surface area (Å²) in [7, 11) is 0. The Bertz CT molecular complexity index is 805. The van der Waals surface area contributed by atoms with Gasteiger partial charge in [-0.25, -0.2) is 0 Å². The number of carbonyl (C=O) groups is 3. The molecule has 1 saturated heterocycles. The summed E-state index contributed by atoms with van der Waals surface area (Å²) in [5.74, 6) is 0.182. The number of ether oxygens (including phenoxy) is 1. The van der Waals surface area contributed by atoms with Gasteiger partial charge in [-0.3, -0.25) is 14.4 Å². The molecule has 2 fully saturated rings. The smallest absolute Gasteiger partial charge is 0.258 e. The molecule has 0 bridgehead atoms. The van der Waals surface area contributed by atoms with Crippen molar-refractivity contribution in [2.75, 3.05) is 6.54 Å². The molecular formula is C22H29N3O4. The van der Waals surface area contributed by atoms with Crippen LogP contribution in [0.4, 0.5) is 0 Å². The highest BCUT2D eigenvalue weighted by Gasteiger charge is 2.43. The predicted molar refractivity (Wildman–Crippen MR) is 107 cm³/mol. The molecule has 1 spiro atoms. The van der Waals surface area contributed by atoms with Crippen LogP contribution < -0.4 is 15.4 Å². The molecule has 0 radical (unpaired) electrons. The summed E-state index contributed by atoms with van der Waals surface area (Å²) in [5.41, 5.74) is -0.402.